The number of nitrogens with two attached hydrogens (primary N) is 2. The fourth-order valence-electron chi connectivity index (χ4n) is 9.04. The Morgan fingerprint density at radius 3 is 2.58 bits per heavy atom. The highest BCUT2D eigenvalue weighted by molar-refractivity contribution is 5.87. The average Bonchev–Trinajstić information content (AvgIpc) is 3.11. The van der Waals surface area contributed by atoms with Crippen molar-refractivity contribution in [2.75, 3.05) is 0 Å². The van der Waals surface area contributed by atoms with E-state index in [1.807, 2.05) is 6.07 Å². The summed E-state index contributed by atoms with van der Waals surface area (Å²) in [4.78, 5) is 35.1. The van der Waals surface area contributed by atoms with Gasteiger partial charge in [0.2, 0.25) is 11.8 Å². The number of aliphatic hydroxyl groups is 1. The van der Waals surface area contributed by atoms with Crippen LogP contribution < -0.4 is 22.4 Å². The van der Waals surface area contributed by atoms with Crippen LogP contribution in [0.1, 0.15) is 89.5 Å². The van der Waals surface area contributed by atoms with E-state index in [1.54, 1.807) is 6.26 Å². The topological polar surface area (TPSA) is 149 Å². The molecule has 36 heavy (non-hydrogen) atoms. The van der Waals surface area contributed by atoms with Crippen molar-refractivity contribution < 1.29 is 19.1 Å². The van der Waals surface area contributed by atoms with Crippen LogP contribution in [0.5, 0.6) is 0 Å². The van der Waals surface area contributed by atoms with Gasteiger partial charge >= 0.3 is 5.63 Å². The van der Waals surface area contributed by atoms with Crippen molar-refractivity contribution in [3.63, 3.8) is 0 Å². The number of fused-ring (bicyclic) bond motifs is 5. The Kier molecular flexibility index (Phi) is 6.35. The molecule has 0 radical (unpaired) electrons. The molecule has 0 saturated heterocycles. The maximum absolute atomic E-state index is 12.4. The molecule has 0 bridgehead atoms. The molecular weight excluding hydrogens is 458 g/mol. The second-order valence-electron chi connectivity index (χ2n) is 12.6. The number of carbonyl (C=O) groups excluding carboxylic acids is 2. The number of hydrogen-bond donors (Lipinski definition) is 4. The van der Waals surface area contributed by atoms with Gasteiger partial charge in [-0.2, -0.15) is 0 Å². The van der Waals surface area contributed by atoms with E-state index in [2.05, 4.69) is 19.2 Å². The quantitative estimate of drug-likeness (QED) is 0.489. The molecule has 5 rings (SSSR count). The van der Waals surface area contributed by atoms with E-state index in [4.69, 9.17) is 15.9 Å². The van der Waals surface area contributed by atoms with Crippen LogP contribution in [0.15, 0.2) is 27.6 Å². The first kappa shape index (κ1) is 25.5. The molecule has 4 fully saturated rings. The molecule has 0 unspecified atom stereocenters. The van der Waals surface area contributed by atoms with Crippen LogP contribution in [0, 0.1) is 28.6 Å². The summed E-state index contributed by atoms with van der Waals surface area (Å²) in [5, 5.41) is 15.5. The number of amides is 2. The van der Waals surface area contributed by atoms with Crippen molar-refractivity contribution in [1.82, 2.24) is 5.32 Å². The Balaban J connectivity index is 1.30. The van der Waals surface area contributed by atoms with Crippen molar-refractivity contribution in [3.8, 4) is 0 Å². The molecule has 4 saturated carbocycles. The Morgan fingerprint density at radius 1 is 1.11 bits per heavy atom. The minimum Gasteiger partial charge on any atom is -0.431 e. The molecule has 198 valence electrons. The maximum atomic E-state index is 12.4. The number of carbonyl (C=O) groups is 2. The minimum atomic E-state index is -0.950. The fraction of sp³-hybridized carbons (Fsp3) is 0.750. The zero-order valence-electron chi connectivity index (χ0n) is 21.5. The third kappa shape index (κ3) is 3.92. The molecule has 8 nitrogen and oxygen atoms in total. The standard InChI is InChI=1S/C28H41N3O5/c1-26-10-7-18(31-23(32)14-22(29)25(30)34)13-17(26)4-5-21-20(26)8-11-27(2)19(9-12-28(21,27)35)16-3-6-24(33)36-15-16/h3,6,15,17-22,35H,4-5,7-14,29H2,1-2H3,(H2,30,34)(H,31,32)/t17-,18+,19-,20+,21-,22-,26+,27-,28+/m1/s1. The highest BCUT2D eigenvalue weighted by Crippen LogP contribution is 2.70. The molecule has 2 amide bonds. The third-order valence-corrected chi connectivity index (χ3v) is 11.1. The Labute approximate surface area is 212 Å². The molecule has 4 aliphatic carbocycles. The second kappa shape index (κ2) is 8.98. The zero-order valence-corrected chi connectivity index (χ0v) is 21.5. The van der Waals surface area contributed by atoms with E-state index < -0.39 is 17.6 Å². The van der Waals surface area contributed by atoms with Gasteiger partial charge in [0.15, 0.2) is 0 Å². The van der Waals surface area contributed by atoms with Crippen LogP contribution in [0.25, 0.3) is 0 Å². The largest absolute Gasteiger partial charge is 0.431 e. The molecule has 9 atom stereocenters. The highest BCUT2D eigenvalue weighted by atomic mass is 16.4. The van der Waals surface area contributed by atoms with Gasteiger partial charge in [-0.1, -0.05) is 13.8 Å². The summed E-state index contributed by atoms with van der Waals surface area (Å²) < 4.78 is 5.19. The summed E-state index contributed by atoms with van der Waals surface area (Å²) in [5.74, 6) is 0.542. The zero-order chi connectivity index (χ0) is 25.9. The third-order valence-electron chi connectivity index (χ3n) is 11.1. The van der Waals surface area contributed by atoms with Crippen LogP contribution in [-0.2, 0) is 9.59 Å². The lowest BCUT2D eigenvalue weighted by Crippen LogP contribution is -2.62. The lowest BCUT2D eigenvalue weighted by atomic mass is 9.43. The van der Waals surface area contributed by atoms with E-state index in [1.165, 1.54) is 6.07 Å². The van der Waals surface area contributed by atoms with Crippen molar-refractivity contribution >= 4 is 11.8 Å². The molecule has 8 heteroatoms. The summed E-state index contributed by atoms with van der Waals surface area (Å²) in [6.45, 7) is 4.67. The summed E-state index contributed by atoms with van der Waals surface area (Å²) in [7, 11) is 0. The normalized spacial score (nSPS) is 42.5. The summed E-state index contributed by atoms with van der Waals surface area (Å²) in [6.07, 6.45) is 10.2. The van der Waals surface area contributed by atoms with Gasteiger partial charge in [0.25, 0.3) is 0 Å². The predicted octanol–water partition coefficient (Wildman–Crippen LogP) is 2.57. The second-order valence-corrected chi connectivity index (χ2v) is 12.6. The van der Waals surface area contributed by atoms with Crippen LogP contribution in [-0.4, -0.2) is 34.6 Å². The van der Waals surface area contributed by atoms with E-state index in [-0.39, 0.29) is 46.7 Å². The minimum absolute atomic E-state index is 0.0733. The monoisotopic (exact) mass is 499 g/mol. The van der Waals surface area contributed by atoms with Gasteiger partial charge in [-0.15, -0.1) is 0 Å². The molecular formula is C28H41N3O5. The van der Waals surface area contributed by atoms with Crippen molar-refractivity contribution in [3.05, 3.63) is 34.4 Å². The number of nitrogens with one attached hydrogen (secondary N) is 1. The fourth-order valence-corrected chi connectivity index (χ4v) is 9.04. The van der Waals surface area contributed by atoms with E-state index in [9.17, 15) is 19.5 Å². The predicted molar refractivity (Wildman–Crippen MR) is 135 cm³/mol. The van der Waals surface area contributed by atoms with Crippen LogP contribution in [0.4, 0.5) is 0 Å². The number of primary amides is 1. The van der Waals surface area contributed by atoms with Crippen LogP contribution in [0.2, 0.25) is 0 Å². The first-order valence-corrected chi connectivity index (χ1v) is 13.6. The molecule has 4 aliphatic rings. The molecule has 1 aromatic rings. The summed E-state index contributed by atoms with van der Waals surface area (Å²) in [6, 6.07) is 2.51. The molecule has 6 N–H and O–H groups in total. The van der Waals surface area contributed by atoms with Crippen molar-refractivity contribution in [1.29, 1.82) is 0 Å². The Morgan fingerprint density at radius 2 is 1.89 bits per heavy atom. The Hall–Kier alpha value is -2.19. The van der Waals surface area contributed by atoms with Crippen LogP contribution >= 0.6 is 0 Å². The smallest absolute Gasteiger partial charge is 0.335 e. The van der Waals surface area contributed by atoms with Gasteiger partial charge in [0, 0.05) is 17.5 Å². The SMILES string of the molecule is C[C@]12CC[C@H](NC(=O)C[C@@H](N)C(N)=O)C[C@H]1CC[C@@H]1[C@@H]2CC[C@]2(C)[C@@H](c3ccc(=O)oc3)CC[C@]12O. The van der Waals surface area contributed by atoms with Gasteiger partial charge in [0.1, 0.15) is 0 Å². The summed E-state index contributed by atoms with van der Waals surface area (Å²) >= 11 is 0. The van der Waals surface area contributed by atoms with Crippen molar-refractivity contribution in [2.24, 2.45) is 40.1 Å². The number of hydrogen-bond acceptors (Lipinski definition) is 6. The van der Waals surface area contributed by atoms with Gasteiger partial charge in [-0.05, 0) is 98.5 Å². The molecule has 0 spiro atoms. The average molecular weight is 500 g/mol. The number of rotatable bonds is 5. The Bertz CT molecular complexity index is 1070. The lowest BCUT2D eigenvalue weighted by molar-refractivity contribution is -0.202. The summed E-state index contributed by atoms with van der Waals surface area (Å²) in [5.41, 5.74) is 10.7. The molecule has 0 aliphatic heterocycles. The van der Waals surface area contributed by atoms with E-state index >= 15 is 0 Å². The lowest BCUT2D eigenvalue weighted by Gasteiger charge is -2.63. The van der Waals surface area contributed by atoms with E-state index in [0.29, 0.717) is 11.8 Å². The van der Waals surface area contributed by atoms with Gasteiger partial charge < -0.3 is 26.3 Å². The molecule has 1 heterocycles. The maximum Gasteiger partial charge on any atom is 0.335 e. The van der Waals surface area contributed by atoms with Crippen molar-refractivity contribution in [2.45, 2.75) is 102 Å². The van der Waals surface area contributed by atoms with Gasteiger partial charge in [-0.3, -0.25) is 9.59 Å². The van der Waals surface area contributed by atoms with Gasteiger partial charge in [-0.25, -0.2) is 4.79 Å². The molecule has 0 aromatic carbocycles. The highest BCUT2D eigenvalue weighted by Gasteiger charge is 2.67. The molecule has 1 aromatic heterocycles. The first-order chi connectivity index (χ1) is 17.0. The van der Waals surface area contributed by atoms with Crippen LogP contribution in [0.3, 0.4) is 0 Å². The first-order valence-electron chi connectivity index (χ1n) is 13.6. The van der Waals surface area contributed by atoms with Gasteiger partial charge in [0.05, 0.1) is 24.3 Å². The van der Waals surface area contributed by atoms with E-state index in [0.717, 1.165) is 63.4 Å².